The predicted octanol–water partition coefficient (Wildman–Crippen LogP) is 1.21. The zero-order chi connectivity index (χ0) is 23.0. The Morgan fingerprint density at radius 3 is 2.23 bits per heavy atom. The number of piperazine rings is 1. The molecule has 0 radical (unpaired) electrons. The molecular formula is C18H24F3N3O5S2. The standard InChI is InChI=1S/C18H24F3N3O5S2/c1-30(26,27)24-7-3-4-14(13-24)17(25)22-8-10-23(11-9-22)31(28,29)16-6-2-5-15(12-16)18(19,20)21/h2,5-6,12,14H,3-4,7-11,13H2,1H3. The van der Waals surface area contributed by atoms with Crippen molar-refractivity contribution in [1.29, 1.82) is 0 Å². The zero-order valence-electron chi connectivity index (χ0n) is 16.9. The Hall–Kier alpha value is -1.70. The van der Waals surface area contributed by atoms with E-state index in [4.69, 9.17) is 0 Å². The van der Waals surface area contributed by atoms with E-state index in [1.165, 1.54) is 9.21 Å². The van der Waals surface area contributed by atoms with Crippen molar-refractivity contribution >= 4 is 26.0 Å². The number of rotatable bonds is 4. The monoisotopic (exact) mass is 483 g/mol. The van der Waals surface area contributed by atoms with Crippen molar-refractivity contribution in [2.45, 2.75) is 23.9 Å². The molecular weight excluding hydrogens is 459 g/mol. The highest BCUT2D eigenvalue weighted by atomic mass is 32.2. The second kappa shape index (κ2) is 8.68. The lowest BCUT2D eigenvalue weighted by Crippen LogP contribution is -2.53. The molecule has 0 saturated carbocycles. The summed E-state index contributed by atoms with van der Waals surface area (Å²) in [5.41, 5.74) is -1.05. The number of halogens is 3. The van der Waals surface area contributed by atoms with E-state index >= 15 is 0 Å². The van der Waals surface area contributed by atoms with Crippen LogP contribution in [0.25, 0.3) is 0 Å². The third-order valence-corrected chi connectivity index (χ3v) is 8.72. The van der Waals surface area contributed by atoms with Gasteiger partial charge >= 0.3 is 6.18 Å². The average Bonchev–Trinajstić information content (AvgIpc) is 2.72. The van der Waals surface area contributed by atoms with Crippen LogP contribution in [0.5, 0.6) is 0 Å². The molecule has 2 saturated heterocycles. The number of alkyl halides is 3. The first-order chi connectivity index (χ1) is 14.3. The number of piperidine rings is 1. The fraction of sp³-hybridized carbons (Fsp3) is 0.611. The second-order valence-electron chi connectivity index (χ2n) is 7.72. The summed E-state index contributed by atoms with van der Waals surface area (Å²) in [4.78, 5) is 13.9. The van der Waals surface area contributed by atoms with E-state index in [0.717, 1.165) is 28.8 Å². The lowest BCUT2D eigenvalue weighted by molar-refractivity contribution is -0.138. The molecule has 2 aliphatic heterocycles. The molecule has 3 rings (SSSR count). The number of carbonyl (C=O) groups is 1. The van der Waals surface area contributed by atoms with Gasteiger partial charge < -0.3 is 4.90 Å². The SMILES string of the molecule is CS(=O)(=O)N1CCCC(C(=O)N2CCN(S(=O)(=O)c3cccc(C(F)(F)F)c3)CC2)C1. The first kappa shape index (κ1) is 24.0. The van der Waals surface area contributed by atoms with Gasteiger partial charge in [0, 0.05) is 39.3 Å². The van der Waals surface area contributed by atoms with Crippen molar-refractivity contribution in [2.24, 2.45) is 5.92 Å². The minimum atomic E-state index is -4.66. The molecule has 31 heavy (non-hydrogen) atoms. The molecule has 13 heteroatoms. The molecule has 0 aromatic heterocycles. The topological polar surface area (TPSA) is 95.1 Å². The summed E-state index contributed by atoms with van der Waals surface area (Å²) in [5, 5.41) is 0. The molecule has 1 amide bonds. The van der Waals surface area contributed by atoms with Crippen LogP contribution in [0.3, 0.4) is 0 Å². The quantitative estimate of drug-likeness (QED) is 0.642. The van der Waals surface area contributed by atoms with Gasteiger partial charge in [0.15, 0.2) is 0 Å². The molecule has 0 N–H and O–H groups in total. The number of benzene rings is 1. The number of hydrogen-bond donors (Lipinski definition) is 0. The average molecular weight is 484 g/mol. The molecule has 2 fully saturated rings. The van der Waals surface area contributed by atoms with Gasteiger partial charge in [-0.2, -0.15) is 17.5 Å². The molecule has 0 spiro atoms. The Morgan fingerprint density at radius 2 is 1.65 bits per heavy atom. The fourth-order valence-electron chi connectivity index (χ4n) is 3.83. The third-order valence-electron chi connectivity index (χ3n) is 5.55. The summed E-state index contributed by atoms with van der Waals surface area (Å²) in [7, 11) is -7.54. The third kappa shape index (κ3) is 5.38. The Kier molecular flexibility index (Phi) is 6.71. The normalized spacial score (nSPS) is 22.5. The molecule has 2 aliphatic rings. The molecule has 1 atom stereocenters. The lowest BCUT2D eigenvalue weighted by Gasteiger charge is -2.38. The molecule has 0 aliphatic carbocycles. The molecule has 0 bridgehead atoms. The smallest absolute Gasteiger partial charge is 0.340 e. The van der Waals surface area contributed by atoms with Crippen molar-refractivity contribution in [3.8, 4) is 0 Å². The lowest BCUT2D eigenvalue weighted by atomic mass is 9.98. The zero-order valence-corrected chi connectivity index (χ0v) is 18.5. The number of hydrogen-bond acceptors (Lipinski definition) is 5. The molecule has 1 unspecified atom stereocenters. The number of sulfonamides is 2. The van der Waals surface area contributed by atoms with E-state index < -0.39 is 42.6 Å². The van der Waals surface area contributed by atoms with Crippen LogP contribution < -0.4 is 0 Å². The van der Waals surface area contributed by atoms with Crippen LogP contribution in [0, 0.1) is 5.92 Å². The molecule has 1 aromatic carbocycles. The minimum Gasteiger partial charge on any atom is -0.340 e. The maximum absolute atomic E-state index is 12.9. The van der Waals surface area contributed by atoms with Gasteiger partial charge in [0.1, 0.15) is 0 Å². The van der Waals surface area contributed by atoms with Gasteiger partial charge in [0.2, 0.25) is 26.0 Å². The Labute approximate surface area is 179 Å². The van der Waals surface area contributed by atoms with Crippen LogP contribution in [0.4, 0.5) is 13.2 Å². The Morgan fingerprint density at radius 1 is 1.00 bits per heavy atom. The first-order valence-corrected chi connectivity index (χ1v) is 13.0. The van der Waals surface area contributed by atoms with Crippen LogP contribution >= 0.6 is 0 Å². The van der Waals surface area contributed by atoms with Gasteiger partial charge in [0.05, 0.1) is 22.6 Å². The maximum Gasteiger partial charge on any atom is 0.416 e. The van der Waals surface area contributed by atoms with Gasteiger partial charge in [-0.3, -0.25) is 4.79 Å². The largest absolute Gasteiger partial charge is 0.416 e. The highest BCUT2D eigenvalue weighted by Crippen LogP contribution is 2.31. The van der Waals surface area contributed by atoms with Crippen molar-refractivity contribution in [2.75, 3.05) is 45.5 Å². The van der Waals surface area contributed by atoms with Gasteiger partial charge in [-0.25, -0.2) is 21.1 Å². The summed E-state index contributed by atoms with van der Waals surface area (Å²) in [5.74, 6) is -0.723. The van der Waals surface area contributed by atoms with E-state index in [0.29, 0.717) is 25.5 Å². The van der Waals surface area contributed by atoms with E-state index in [1.54, 1.807) is 0 Å². The van der Waals surface area contributed by atoms with Crippen molar-refractivity contribution in [3.63, 3.8) is 0 Å². The molecule has 2 heterocycles. The van der Waals surface area contributed by atoms with E-state index in [9.17, 15) is 34.8 Å². The highest BCUT2D eigenvalue weighted by molar-refractivity contribution is 7.89. The van der Waals surface area contributed by atoms with Crippen LogP contribution in [0.15, 0.2) is 29.2 Å². The summed E-state index contributed by atoms with van der Waals surface area (Å²) in [6, 6.07) is 3.57. The predicted molar refractivity (Wildman–Crippen MR) is 106 cm³/mol. The van der Waals surface area contributed by atoms with Gasteiger partial charge in [-0.1, -0.05) is 6.07 Å². The van der Waals surface area contributed by atoms with E-state index in [-0.39, 0.29) is 38.6 Å². The van der Waals surface area contributed by atoms with E-state index in [1.807, 2.05) is 0 Å². The maximum atomic E-state index is 12.9. The van der Waals surface area contributed by atoms with Crippen LogP contribution in [0.1, 0.15) is 18.4 Å². The summed E-state index contributed by atoms with van der Waals surface area (Å²) in [6.07, 6.45) is -2.45. The number of nitrogens with zero attached hydrogens (tertiary/aromatic N) is 3. The van der Waals surface area contributed by atoms with Crippen LogP contribution in [-0.2, 0) is 31.0 Å². The molecule has 8 nitrogen and oxygen atoms in total. The van der Waals surface area contributed by atoms with Crippen molar-refractivity contribution in [1.82, 2.24) is 13.5 Å². The summed E-state index contributed by atoms with van der Waals surface area (Å²) in [6.45, 7) is 0.546. The summed E-state index contributed by atoms with van der Waals surface area (Å²) >= 11 is 0. The van der Waals surface area contributed by atoms with Crippen molar-refractivity contribution in [3.05, 3.63) is 29.8 Å². The molecule has 1 aromatic rings. The van der Waals surface area contributed by atoms with Crippen molar-refractivity contribution < 1.29 is 34.8 Å². The van der Waals surface area contributed by atoms with Gasteiger partial charge in [-0.05, 0) is 31.0 Å². The Bertz CT molecular complexity index is 1040. The van der Waals surface area contributed by atoms with Gasteiger partial charge in [0.25, 0.3) is 0 Å². The first-order valence-electron chi connectivity index (χ1n) is 9.71. The van der Waals surface area contributed by atoms with Crippen LogP contribution in [-0.4, -0.2) is 81.8 Å². The second-order valence-corrected chi connectivity index (χ2v) is 11.6. The van der Waals surface area contributed by atoms with Gasteiger partial charge in [-0.15, -0.1) is 0 Å². The highest BCUT2D eigenvalue weighted by Gasteiger charge is 2.37. The fourth-order valence-corrected chi connectivity index (χ4v) is 6.21. The summed E-state index contributed by atoms with van der Waals surface area (Å²) < 4.78 is 90.2. The van der Waals surface area contributed by atoms with E-state index in [2.05, 4.69) is 0 Å². The molecule has 174 valence electrons. The number of carbonyl (C=O) groups excluding carboxylic acids is 1. The number of amides is 1. The Balaban J connectivity index is 1.66. The minimum absolute atomic E-state index is 0.0488. The van der Waals surface area contributed by atoms with Crippen LogP contribution in [0.2, 0.25) is 0 Å².